The van der Waals surface area contributed by atoms with Gasteiger partial charge in [0.05, 0.1) is 5.92 Å². The van der Waals surface area contributed by atoms with Crippen molar-refractivity contribution >= 4 is 40.7 Å². The van der Waals surface area contributed by atoms with E-state index in [4.69, 9.17) is 34.8 Å². The molecule has 0 radical (unpaired) electrons. The highest BCUT2D eigenvalue weighted by Gasteiger charge is 2.26. The fraction of sp³-hybridized carbons (Fsp3) is 0.350. The standard InChI is InChI=1S/C20H21Cl3N2O/c21-17-7-2-1-5-14(17)11-24-20(26)15-6-4-10-25(12-15)13-16-18(22)8-3-9-19(16)23/h1-3,5,7-9,15H,4,6,10-13H2,(H,24,26). The van der Waals surface area contributed by atoms with Gasteiger partial charge in [-0.15, -0.1) is 0 Å². The number of benzene rings is 2. The maximum absolute atomic E-state index is 12.6. The number of nitrogens with one attached hydrogen (secondary N) is 1. The molecule has 1 fully saturated rings. The van der Waals surface area contributed by atoms with Crippen LogP contribution in [0.5, 0.6) is 0 Å². The molecule has 3 nitrogen and oxygen atoms in total. The molecule has 6 heteroatoms. The van der Waals surface area contributed by atoms with Gasteiger partial charge in [-0.3, -0.25) is 9.69 Å². The maximum atomic E-state index is 12.6. The molecule has 1 aliphatic heterocycles. The molecule has 2 aromatic carbocycles. The number of nitrogens with zero attached hydrogens (tertiary/aromatic N) is 1. The van der Waals surface area contributed by atoms with Crippen molar-refractivity contribution in [1.29, 1.82) is 0 Å². The van der Waals surface area contributed by atoms with Crippen LogP contribution in [-0.4, -0.2) is 23.9 Å². The number of amides is 1. The van der Waals surface area contributed by atoms with Crippen LogP contribution < -0.4 is 5.32 Å². The van der Waals surface area contributed by atoms with E-state index in [-0.39, 0.29) is 11.8 Å². The summed E-state index contributed by atoms with van der Waals surface area (Å²) in [6.07, 6.45) is 1.87. The molecule has 0 bridgehead atoms. The van der Waals surface area contributed by atoms with Crippen LogP contribution in [0.1, 0.15) is 24.0 Å². The largest absolute Gasteiger partial charge is 0.352 e. The number of hydrogen-bond acceptors (Lipinski definition) is 2. The minimum atomic E-state index is -0.0347. The maximum Gasteiger partial charge on any atom is 0.224 e. The predicted octanol–water partition coefficient (Wildman–Crippen LogP) is 5.18. The first-order valence-corrected chi connectivity index (χ1v) is 9.84. The quantitative estimate of drug-likeness (QED) is 0.735. The third kappa shape index (κ3) is 4.92. The van der Waals surface area contributed by atoms with Crippen LogP contribution in [0, 0.1) is 5.92 Å². The predicted molar refractivity (Wildman–Crippen MR) is 108 cm³/mol. The summed E-state index contributed by atoms with van der Waals surface area (Å²) in [5.74, 6) is 0.0346. The first kappa shape index (κ1) is 19.5. The van der Waals surface area contributed by atoms with E-state index in [0.717, 1.165) is 30.5 Å². The average Bonchev–Trinajstić information content (AvgIpc) is 2.64. The van der Waals surface area contributed by atoms with Crippen LogP contribution in [0.3, 0.4) is 0 Å². The van der Waals surface area contributed by atoms with Crippen molar-refractivity contribution in [1.82, 2.24) is 10.2 Å². The van der Waals surface area contributed by atoms with Gasteiger partial charge in [-0.2, -0.15) is 0 Å². The van der Waals surface area contributed by atoms with Gasteiger partial charge in [-0.25, -0.2) is 0 Å². The molecule has 1 heterocycles. The normalized spacial score (nSPS) is 17.9. The molecule has 0 aromatic heterocycles. The summed E-state index contributed by atoms with van der Waals surface area (Å²) in [6.45, 7) is 2.75. The van der Waals surface area contributed by atoms with Crippen molar-refractivity contribution in [3.63, 3.8) is 0 Å². The minimum Gasteiger partial charge on any atom is -0.352 e. The molecular weight excluding hydrogens is 391 g/mol. The molecule has 1 N–H and O–H groups in total. The summed E-state index contributed by atoms with van der Waals surface area (Å²) in [6, 6.07) is 13.1. The Hall–Kier alpha value is -1.26. The first-order chi connectivity index (χ1) is 12.5. The lowest BCUT2D eigenvalue weighted by Gasteiger charge is -2.32. The average molecular weight is 412 g/mol. The van der Waals surface area contributed by atoms with Crippen molar-refractivity contribution in [3.8, 4) is 0 Å². The molecule has 1 aliphatic rings. The fourth-order valence-electron chi connectivity index (χ4n) is 3.29. The van der Waals surface area contributed by atoms with Gasteiger partial charge < -0.3 is 5.32 Å². The van der Waals surface area contributed by atoms with Gasteiger partial charge in [0.2, 0.25) is 5.91 Å². The van der Waals surface area contributed by atoms with E-state index in [1.165, 1.54) is 0 Å². The molecule has 1 amide bonds. The van der Waals surface area contributed by atoms with E-state index in [1.807, 2.05) is 42.5 Å². The van der Waals surface area contributed by atoms with Gasteiger partial charge in [-0.05, 0) is 43.1 Å². The summed E-state index contributed by atoms with van der Waals surface area (Å²) in [5, 5.41) is 5.03. The highest BCUT2D eigenvalue weighted by atomic mass is 35.5. The van der Waals surface area contributed by atoms with Gasteiger partial charge in [-0.1, -0.05) is 59.1 Å². The van der Waals surface area contributed by atoms with Crippen LogP contribution in [0.15, 0.2) is 42.5 Å². The molecule has 138 valence electrons. The van der Waals surface area contributed by atoms with Gasteiger partial charge in [0.1, 0.15) is 0 Å². The van der Waals surface area contributed by atoms with Crippen LogP contribution in [0.4, 0.5) is 0 Å². The number of halogens is 3. The Balaban J connectivity index is 1.57. The molecule has 26 heavy (non-hydrogen) atoms. The molecule has 1 unspecified atom stereocenters. The van der Waals surface area contributed by atoms with Crippen LogP contribution in [0.25, 0.3) is 0 Å². The van der Waals surface area contributed by atoms with Crippen LogP contribution in [-0.2, 0) is 17.9 Å². The number of rotatable bonds is 5. The Morgan fingerprint density at radius 2 is 1.73 bits per heavy atom. The zero-order valence-electron chi connectivity index (χ0n) is 14.4. The van der Waals surface area contributed by atoms with E-state index >= 15 is 0 Å². The summed E-state index contributed by atoms with van der Waals surface area (Å²) < 4.78 is 0. The van der Waals surface area contributed by atoms with E-state index in [2.05, 4.69) is 10.2 Å². The van der Waals surface area contributed by atoms with E-state index in [0.29, 0.717) is 34.7 Å². The first-order valence-electron chi connectivity index (χ1n) is 8.71. The molecule has 3 rings (SSSR count). The van der Waals surface area contributed by atoms with Gasteiger partial charge in [0, 0.05) is 40.3 Å². The monoisotopic (exact) mass is 410 g/mol. The lowest BCUT2D eigenvalue weighted by Crippen LogP contribution is -2.42. The second kappa shape index (κ2) is 9.09. The lowest BCUT2D eigenvalue weighted by molar-refractivity contribution is -0.126. The summed E-state index contributed by atoms with van der Waals surface area (Å²) in [5.41, 5.74) is 1.85. The van der Waals surface area contributed by atoms with Crippen LogP contribution >= 0.6 is 34.8 Å². The number of piperidine rings is 1. The highest BCUT2D eigenvalue weighted by Crippen LogP contribution is 2.28. The summed E-state index contributed by atoms with van der Waals surface area (Å²) >= 11 is 18.7. The topological polar surface area (TPSA) is 32.3 Å². The third-order valence-corrected chi connectivity index (χ3v) is 5.81. The van der Waals surface area contributed by atoms with Gasteiger partial charge in [0.25, 0.3) is 0 Å². The molecule has 0 saturated carbocycles. The molecule has 1 atom stereocenters. The van der Waals surface area contributed by atoms with Crippen molar-refractivity contribution in [2.24, 2.45) is 5.92 Å². The van der Waals surface area contributed by atoms with E-state index in [1.54, 1.807) is 0 Å². The van der Waals surface area contributed by atoms with E-state index < -0.39 is 0 Å². The Morgan fingerprint density at radius 1 is 1.04 bits per heavy atom. The molecule has 1 saturated heterocycles. The second-order valence-corrected chi connectivity index (χ2v) is 7.81. The summed E-state index contributed by atoms with van der Waals surface area (Å²) in [4.78, 5) is 14.8. The fourth-order valence-corrected chi connectivity index (χ4v) is 4.01. The highest BCUT2D eigenvalue weighted by molar-refractivity contribution is 6.36. The van der Waals surface area contributed by atoms with Crippen molar-refractivity contribution in [2.75, 3.05) is 13.1 Å². The van der Waals surface area contributed by atoms with Crippen LogP contribution in [0.2, 0.25) is 15.1 Å². The Labute approximate surface area is 169 Å². The third-order valence-electron chi connectivity index (χ3n) is 4.73. The van der Waals surface area contributed by atoms with Gasteiger partial charge in [0.15, 0.2) is 0 Å². The van der Waals surface area contributed by atoms with Crippen molar-refractivity contribution in [2.45, 2.75) is 25.9 Å². The zero-order chi connectivity index (χ0) is 18.5. The molecule has 2 aromatic rings. The van der Waals surface area contributed by atoms with E-state index in [9.17, 15) is 4.79 Å². The molecular formula is C20H21Cl3N2O. The second-order valence-electron chi connectivity index (χ2n) is 6.58. The lowest BCUT2D eigenvalue weighted by atomic mass is 9.96. The SMILES string of the molecule is O=C(NCc1ccccc1Cl)C1CCCN(Cc2c(Cl)cccc2Cl)C1. The Bertz CT molecular complexity index is 761. The smallest absolute Gasteiger partial charge is 0.224 e. The Kier molecular flexibility index (Phi) is 6.82. The molecule has 0 aliphatic carbocycles. The zero-order valence-corrected chi connectivity index (χ0v) is 16.6. The number of hydrogen-bond donors (Lipinski definition) is 1. The van der Waals surface area contributed by atoms with Crippen molar-refractivity contribution in [3.05, 3.63) is 68.7 Å². The number of carbonyl (C=O) groups excluding carboxylic acids is 1. The summed E-state index contributed by atoms with van der Waals surface area (Å²) in [7, 11) is 0. The van der Waals surface area contributed by atoms with Crippen molar-refractivity contribution < 1.29 is 4.79 Å². The van der Waals surface area contributed by atoms with Gasteiger partial charge >= 0.3 is 0 Å². The Morgan fingerprint density at radius 3 is 2.46 bits per heavy atom. The molecule has 0 spiro atoms. The number of carbonyl (C=O) groups is 1. The number of likely N-dealkylation sites (tertiary alicyclic amines) is 1. The minimum absolute atomic E-state index is 0.0347.